The molecule has 1 unspecified atom stereocenters. The van der Waals surface area contributed by atoms with Gasteiger partial charge in [0.05, 0.1) is 30.8 Å². The van der Waals surface area contributed by atoms with E-state index in [0.717, 1.165) is 36.1 Å². The van der Waals surface area contributed by atoms with Gasteiger partial charge in [-0.3, -0.25) is 14.4 Å². The number of cyclic esters (lactones) is 1. The van der Waals surface area contributed by atoms with Crippen molar-refractivity contribution in [2.24, 2.45) is 11.8 Å². The molecule has 2 aromatic rings. The molecule has 8 nitrogen and oxygen atoms in total. The van der Waals surface area contributed by atoms with E-state index in [0.29, 0.717) is 5.56 Å². The Bertz CT molecular complexity index is 1450. The molecule has 6 rings (SSSR count). The smallest absolute Gasteiger partial charge is 0.313 e. The monoisotopic (exact) mass is 570 g/mol. The first-order valence-electron chi connectivity index (χ1n) is 14.8. The predicted octanol–water partition coefficient (Wildman–Crippen LogP) is 4.19. The molecule has 42 heavy (non-hydrogen) atoms. The number of aliphatic hydroxyl groups is 1. The number of hydrogen-bond acceptors (Lipinski definition) is 6. The lowest BCUT2D eigenvalue weighted by atomic mass is 9.74. The van der Waals surface area contributed by atoms with Gasteiger partial charge in [0.25, 0.3) is 5.91 Å². The van der Waals surface area contributed by atoms with Crippen LogP contribution in [0, 0.1) is 25.7 Å². The van der Waals surface area contributed by atoms with E-state index in [1.165, 1.54) is 4.90 Å². The summed E-state index contributed by atoms with van der Waals surface area (Å²) in [6, 6.07) is 13.2. The molecular weight excluding hydrogens is 532 g/mol. The van der Waals surface area contributed by atoms with E-state index >= 15 is 0 Å². The van der Waals surface area contributed by atoms with Gasteiger partial charge in [-0.15, -0.1) is 0 Å². The number of likely N-dealkylation sites (tertiary alicyclic amines) is 1. The molecular formula is C34H38N2O6. The van der Waals surface area contributed by atoms with Gasteiger partial charge >= 0.3 is 5.97 Å². The van der Waals surface area contributed by atoms with Crippen LogP contribution in [0.4, 0.5) is 5.69 Å². The summed E-state index contributed by atoms with van der Waals surface area (Å²) in [6.07, 6.45) is 9.96. The van der Waals surface area contributed by atoms with E-state index in [1.54, 1.807) is 4.90 Å². The highest BCUT2D eigenvalue weighted by molar-refractivity contribution is 6.06. The second-order valence-corrected chi connectivity index (χ2v) is 12.1. The molecule has 4 heterocycles. The molecule has 2 fully saturated rings. The first-order chi connectivity index (χ1) is 20.2. The molecule has 0 bridgehead atoms. The molecule has 4 aliphatic heterocycles. The number of rotatable bonds is 4. The summed E-state index contributed by atoms with van der Waals surface area (Å²) in [5.74, 6) is -3.20. The fraction of sp³-hybridized carbons (Fsp3) is 0.441. The third-order valence-electron chi connectivity index (χ3n) is 9.29. The second-order valence-electron chi connectivity index (χ2n) is 12.1. The third-order valence-corrected chi connectivity index (χ3v) is 9.29. The number of aliphatic hydroxyl groups excluding tert-OH is 1. The van der Waals surface area contributed by atoms with Crippen LogP contribution in [0.3, 0.4) is 0 Å². The lowest BCUT2D eigenvalue weighted by molar-refractivity contribution is -0.160. The number of allylic oxidation sites excluding steroid dienone is 1. The number of carbonyl (C=O) groups is 3. The number of ether oxygens (including phenoxy) is 2. The number of amides is 2. The minimum absolute atomic E-state index is 0.263. The first-order valence-corrected chi connectivity index (χ1v) is 14.8. The molecule has 2 saturated heterocycles. The number of hydrogen-bond donors (Lipinski definition) is 1. The summed E-state index contributed by atoms with van der Waals surface area (Å²) in [7, 11) is 0. The van der Waals surface area contributed by atoms with Crippen LogP contribution < -0.4 is 4.90 Å². The maximum atomic E-state index is 14.9. The Labute approximate surface area is 246 Å². The van der Waals surface area contributed by atoms with E-state index in [1.807, 2.05) is 93.6 Å². The van der Waals surface area contributed by atoms with Crippen molar-refractivity contribution in [3.8, 4) is 0 Å². The van der Waals surface area contributed by atoms with Crippen LogP contribution in [0.5, 0.6) is 0 Å². The quantitative estimate of drug-likeness (QED) is 0.438. The minimum atomic E-state index is -1.44. The predicted molar refractivity (Wildman–Crippen MR) is 157 cm³/mol. The number of benzene rings is 2. The zero-order chi connectivity index (χ0) is 29.6. The van der Waals surface area contributed by atoms with Gasteiger partial charge in [0.2, 0.25) is 5.91 Å². The highest BCUT2D eigenvalue weighted by Gasteiger charge is 2.75. The highest BCUT2D eigenvalue weighted by Crippen LogP contribution is 2.58. The van der Waals surface area contributed by atoms with Crippen molar-refractivity contribution in [1.29, 1.82) is 0 Å². The van der Waals surface area contributed by atoms with Crippen molar-refractivity contribution in [3.05, 3.63) is 89.5 Å². The van der Waals surface area contributed by atoms with E-state index in [4.69, 9.17) is 9.47 Å². The molecule has 0 saturated carbocycles. The Kier molecular flexibility index (Phi) is 7.31. The molecule has 1 N–H and O–H groups in total. The number of aryl methyl sites for hydroxylation is 2. The molecule has 220 valence electrons. The molecule has 8 heteroatoms. The van der Waals surface area contributed by atoms with Gasteiger partial charge in [0, 0.05) is 12.2 Å². The Hall–Kier alpha value is -3.75. The maximum Gasteiger partial charge on any atom is 0.313 e. The fourth-order valence-corrected chi connectivity index (χ4v) is 7.33. The Morgan fingerprint density at radius 3 is 2.52 bits per heavy atom. The topological polar surface area (TPSA) is 96.4 Å². The lowest BCUT2D eigenvalue weighted by Crippen LogP contribution is -2.57. The minimum Gasteiger partial charge on any atom is -0.465 e. The van der Waals surface area contributed by atoms with Crippen LogP contribution in [-0.2, 0) is 23.9 Å². The highest BCUT2D eigenvalue weighted by atomic mass is 16.6. The van der Waals surface area contributed by atoms with Gasteiger partial charge in [0.1, 0.15) is 17.6 Å². The number of fused-ring (bicyclic) bond motifs is 2. The summed E-state index contributed by atoms with van der Waals surface area (Å²) >= 11 is 0. The first kappa shape index (κ1) is 28.4. The Morgan fingerprint density at radius 1 is 0.976 bits per heavy atom. The molecule has 2 amide bonds. The van der Waals surface area contributed by atoms with E-state index < -0.39 is 53.6 Å². The third kappa shape index (κ3) is 4.39. The lowest BCUT2D eigenvalue weighted by Gasteiger charge is -2.40. The summed E-state index contributed by atoms with van der Waals surface area (Å²) in [5, 5.41) is 10.7. The SMILES string of the molecule is Cc1ccc(C)c(N2CC=C[C@]34O[C@]5(C)/C=C\CCCCOC(=O)[C@@H]5[C@H]3C(=O)N([C@H](CO)c3ccccc3)C4C2=O)c1. The molecule has 6 atom stereocenters. The molecule has 4 aliphatic rings. The van der Waals surface area contributed by atoms with Gasteiger partial charge in [-0.1, -0.05) is 66.8 Å². The molecule has 1 spiro atoms. The van der Waals surface area contributed by atoms with Crippen LogP contribution in [0.15, 0.2) is 72.8 Å². The van der Waals surface area contributed by atoms with Crippen LogP contribution in [0.1, 0.15) is 48.9 Å². The largest absolute Gasteiger partial charge is 0.465 e. The second kappa shape index (κ2) is 10.8. The summed E-state index contributed by atoms with van der Waals surface area (Å²) in [6.45, 7) is 5.87. The van der Waals surface area contributed by atoms with Crippen LogP contribution in [0.2, 0.25) is 0 Å². The van der Waals surface area contributed by atoms with Crippen molar-refractivity contribution < 1.29 is 29.0 Å². The molecule has 2 aromatic carbocycles. The van der Waals surface area contributed by atoms with Gasteiger partial charge in [0.15, 0.2) is 0 Å². The Balaban J connectivity index is 1.55. The summed E-state index contributed by atoms with van der Waals surface area (Å²) < 4.78 is 12.6. The van der Waals surface area contributed by atoms with E-state index in [-0.39, 0.29) is 19.1 Å². The number of esters is 1. The van der Waals surface area contributed by atoms with E-state index in [9.17, 15) is 19.5 Å². The van der Waals surface area contributed by atoms with Crippen LogP contribution >= 0.6 is 0 Å². The maximum absolute atomic E-state index is 14.9. The average Bonchev–Trinajstić information content (AvgIpc) is 3.30. The summed E-state index contributed by atoms with van der Waals surface area (Å²) in [4.78, 5) is 46.5. The van der Waals surface area contributed by atoms with Crippen molar-refractivity contribution >= 4 is 23.5 Å². The van der Waals surface area contributed by atoms with Gasteiger partial charge in [-0.2, -0.15) is 0 Å². The molecule has 0 aliphatic carbocycles. The van der Waals surface area contributed by atoms with E-state index in [2.05, 4.69) is 0 Å². The standard InChI is InChI=1S/C34H38N2O6/c1-22-14-15-23(2)25(20-22)35-18-11-17-34-27(28-32(40)41-19-10-5-4-9-16-33(28,3)42-34)30(38)36(29(34)31(35)39)26(21-37)24-12-7-6-8-13-24/h6-9,11-17,20,26-29,37H,4-5,10,18-19,21H2,1-3H3/b16-9-/t26-,27+,28+,29?,33-,34+/m1/s1. The van der Waals surface area contributed by atoms with Crippen LogP contribution in [-0.4, -0.2) is 64.8 Å². The fourth-order valence-electron chi connectivity index (χ4n) is 7.33. The normalized spacial score (nSPS) is 32.5. The van der Waals surface area contributed by atoms with Crippen molar-refractivity contribution in [1.82, 2.24) is 4.90 Å². The van der Waals surface area contributed by atoms with Gasteiger partial charge in [-0.05, 0) is 62.8 Å². The molecule has 0 radical (unpaired) electrons. The number of anilines is 1. The van der Waals surface area contributed by atoms with Crippen LogP contribution in [0.25, 0.3) is 0 Å². The zero-order valence-electron chi connectivity index (χ0n) is 24.4. The molecule has 0 aromatic heterocycles. The van der Waals surface area contributed by atoms with Crippen molar-refractivity contribution in [2.45, 2.75) is 63.3 Å². The zero-order valence-corrected chi connectivity index (χ0v) is 24.4. The number of carbonyl (C=O) groups excluding carboxylic acids is 3. The van der Waals surface area contributed by atoms with Crippen molar-refractivity contribution in [3.63, 3.8) is 0 Å². The van der Waals surface area contributed by atoms with Gasteiger partial charge < -0.3 is 24.4 Å². The number of nitrogens with zero attached hydrogens (tertiary/aromatic N) is 2. The van der Waals surface area contributed by atoms with Gasteiger partial charge in [-0.25, -0.2) is 0 Å². The summed E-state index contributed by atoms with van der Waals surface area (Å²) in [5.41, 5.74) is 0.759. The Morgan fingerprint density at radius 2 is 1.76 bits per heavy atom. The van der Waals surface area contributed by atoms with Crippen molar-refractivity contribution in [2.75, 3.05) is 24.7 Å². The average molecular weight is 571 g/mol.